The summed E-state index contributed by atoms with van der Waals surface area (Å²) in [4.78, 5) is 12.1. The monoisotopic (exact) mass is 328 g/mol. The van der Waals surface area contributed by atoms with Gasteiger partial charge in [0.05, 0.1) is 17.6 Å². The van der Waals surface area contributed by atoms with Gasteiger partial charge < -0.3 is 14.6 Å². The van der Waals surface area contributed by atoms with Crippen LogP contribution < -0.4 is 5.63 Å². The number of benzene rings is 1. The Labute approximate surface area is 141 Å². The van der Waals surface area contributed by atoms with Crippen molar-refractivity contribution in [1.82, 2.24) is 0 Å². The van der Waals surface area contributed by atoms with E-state index in [4.69, 9.17) is 4.42 Å². The van der Waals surface area contributed by atoms with E-state index in [1.807, 2.05) is 13.0 Å². The van der Waals surface area contributed by atoms with E-state index in [1.54, 1.807) is 18.2 Å². The van der Waals surface area contributed by atoms with E-state index >= 15 is 0 Å². The Morgan fingerprint density at radius 1 is 1.21 bits per heavy atom. The second kappa shape index (κ2) is 7.97. The Morgan fingerprint density at radius 2 is 1.96 bits per heavy atom. The molecule has 2 rings (SSSR count). The van der Waals surface area contributed by atoms with Gasteiger partial charge in [-0.05, 0) is 45.2 Å². The maximum absolute atomic E-state index is 12.1. The van der Waals surface area contributed by atoms with Crippen molar-refractivity contribution in [2.24, 2.45) is 0 Å². The highest BCUT2D eigenvalue weighted by Gasteiger charge is 2.15. The first-order chi connectivity index (χ1) is 11.4. The molecule has 0 radical (unpaired) electrons. The maximum atomic E-state index is 12.1. The SMILES string of the molecule is CC(C)=CCCC(C)=CCc1c(O)c2c(CO)cccc2oc1=O. The molecule has 0 amide bonds. The first kappa shape index (κ1) is 18.0. The van der Waals surface area contributed by atoms with E-state index in [0.717, 1.165) is 18.4 Å². The molecular weight excluding hydrogens is 304 g/mol. The van der Waals surface area contributed by atoms with Crippen LogP contribution in [0.3, 0.4) is 0 Å². The van der Waals surface area contributed by atoms with Crippen LogP contribution in [0, 0.1) is 0 Å². The minimum atomic E-state index is -0.538. The summed E-state index contributed by atoms with van der Waals surface area (Å²) < 4.78 is 5.30. The third-order valence-electron chi connectivity index (χ3n) is 4.00. The van der Waals surface area contributed by atoms with E-state index in [2.05, 4.69) is 19.9 Å². The summed E-state index contributed by atoms with van der Waals surface area (Å²) in [7, 11) is 0. The van der Waals surface area contributed by atoms with Crippen LogP contribution in [0.1, 0.15) is 44.7 Å². The van der Waals surface area contributed by atoms with E-state index < -0.39 is 5.63 Å². The maximum Gasteiger partial charge on any atom is 0.343 e. The molecule has 0 aliphatic rings. The van der Waals surface area contributed by atoms with Crippen LogP contribution in [0.5, 0.6) is 5.75 Å². The average molecular weight is 328 g/mol. The van der Waals surface area contributed by atoms with E-state index in [9.17, 15) is 15.0 Å². The van der Waals surface area contributed by atoms with Gasteiger partial charge in [0.25, 0.3) is 0 Å². The van der Waals surface area contributed by atoms with Crippen molar-refractivity contribution < 1.29 is 14.6 Å². The molecule has 0 saturated carbocycles. The van der Waals surface area contributed by atoms with Gasteiger partial charge in [0.15, 0.2) is 0 Å². The zero-order valence-corrected chi connectivity index (χ0v) is 14.4. The van der Waals surface area contributed by atoms with Gasteiger partial charge in [0, 0.05) is 6.42 Å². The topological polar surface area (TPSA) is 70.7 Å². The lowest BCUT2D eigenvalue weighted by Crippen LogP contribution is -2.08. The average Bonchev–Trinajstić information content (AvgIpc) is 2.53. The number of allylic oxidation sites excluding steroid dienone is 4. The number of hydrogen-bond donors (Lipinski definition) is 2. The minimum absolute atomic E-state index is 0.0979. The van der Waals surface area contributed by atoms with Gasteiger partial charge in [0.2, 0.25) is 0 Å². The van der Waals surface area contributed by atoms with Crippen LogP contribution >= 0.6 is 0 Å². The summed E-state index contributed by atoms with van der Waals surface area (Å²) in [5.41, 5.74) is 2.96. The van der Waals surface area contributed by atoms with E-state index in [1.165, 1.54) is 5.57 Å². The zero-order valence-electron chi connectivity index (χ0n) is 14.4. The van der Waals surface area contributed by atoms with Crippen molar-refractivity contribution in [2.75, 3.05) is 0 Å². The van der Waals surface area contributed by atoms with Gasteiger partial charge >= 0.3 is 5.63 Å². The standard InChI is InChI=1S/C20H24O4/c1-13(2)6-4-7-14(3)10-11-16-19(22)18-15(12-21)8-5-9-17(18)24-20(16)23/h5-6,8-10,21-22H,4,7,11-12H2,1-3H3. The Kier molecular flexibility index (Phi) is 5.99. The lowest BCUT2D eigenvalue weighted by atomic mass is 10.0. The molecule has 2 N–H and O–H groups in total. The molecule has 0 saturated heterocycles. The molecule has 4 nitrogen and oxygen atoms in total. The highest BCUT2D eigenvalue weighted by atomic mass is 16.4. The van der Waals surface area contributed by atoms with Crippen molar-refractivity contribution in [1.29, 1.82) is 0 Å². The molecule has 0 spiro atoms. The van der Waals surface area contributed by atoms with Gasteiger partial charge in [-0.3, -0.25) is 0 Å². The minimum Gasteiger partial charge on any atom is -0.507 e. The number of aliphatic hydroxyl groups is 1. The Balaban J connectivity index is 2.32. The summed E-state index contributed by atoms with van der Waals surface area (Å²) in [6.07, 6.45) is 6.29. The molecule has 1 heterocycles. The number of rotatable bonds is 6. The molecular formula is C20H24O4. The summed E-state index contributed by atoms with van der Waals surface area (Å²) in [6, 6.07) is 5.00. The Hall–Kier alpha value is -2.33. The summed E-state index contributed by atoms with van der Waals surface area (Å²) in [6.45, 7) is 5.92. The highest BCUT2D eigenvalue weighted by molar-refractivity contribution is 5.87. The summed E-state index contributed by atoms with van der Waals surface area (Å²) in [5, 5.41) is 20.3. The molecule has 24 heavy (non-hydrogen) atoms. The fraction of sp³-hybridized carbons (Fsp3) is 0.350. The van der Waals surface area contributed by atoms with Crippen LogP contribution in [0.25, 0.3) is 11.0 Å². The van der Waals surface area contributed by atoms with E-state index in [-0.39, 0.29) is 23.5 Å². The van der Waals surface area contributed by atoms with Crippen LogP contribution in [-0.4, -0.2) is 10.2 Å². The summed E-state index contributed by atoms with van der Waals surface area (Å²) in [5.74, 6) is -0.0979. The molecule has 1 aromatic carbocycles. The highest BCUT2D eigenvalue weighted by Crippen LogP contribution is 2.30. The quantitative estimate of drug-likeness (QED) is 0.615. The largest absolute Gasteiger partial charge is 0.507 e. The van der Waals surface area contributed by atoms with Gasteiger partial charge in [0.1, 0.15) is 11.3 Å². The number of aromatic hydroxyl groups is 1. The predicted molar refractivity (Wildman–Crippen MR) is 96.2 cm³/mol. The first-order valence-corrected chi connectivity index (χ1v) is 8.10. The lowest BCUT2D eigenvalue weighted by molar-refractivity contribution is 0.282. The third-order valence-corrected chi connectivity index (χ3v) is 4.00. The molecule has 0 aliphatic heterocycles. The van der Waals surface area contributed by atoms with Crippen molar-refractivity contribution in [3.8, 4) is 5.75 Å². The molecule has 0 fully saturated rings. The van der Waals surface area contributed by atoms with Gasteiger partial charge in [-0.15, -0.1) is 0 Å². The van der Waals surface area contributed by atoms with Gasteiger partial charge in [-0.2, -0.15) is 0 Å². The molecule has 0 unspecified atom stereocenters. The molecule has 4 heteroatoms. The van der Waals surface area contributed by atoms with Crippen molar-refractivity contribution in [2.45, 2.75) is 46.6 Å². The lowest BCUT2D eigenvalue weighted by Gasteiger charge is -2.08. The predicted octanol–water partition coefficient (Wildman–Crippen LogP) is 4.23. The molecule has 1 aromatic heterocycles. The second-order valence-electron chi connectivity index (χ2n) is 6.24. The number of hydrogen-bond acceptors (Lipinski definition) is 4. The first-order valence-electron chi connectivity index (χ1n) is 8.10. The van der Waals surface area contributed by atoms with E-state index in [0.29, 0.717) is 17.4 Å². The molecule has 0 aliphatic carbocycles. The van der Waals surface area contributed by atoms with Gasteiger partial charge in [-0.25, -0.2) is 4.79 Å². The fourth-order valence-electron chi connectivity index (χ4n) is 2.62. The molecule has 128 valence electrons. The normalized spacial score (nSPS) is 11.8. The fourth-order valence-corrected chi connectivity index (χ4v) is 2.62. The Morgan fingerprint density at radius 3 is 2.62 bits per heavy atom. The number of aliphatic hydroxyl groups excluding tert-OH is 1. The van der Waals surface area contributed by atoms with Crippen molar-refractivity contribution in [3.63, 3.8) is 0 Å². The molecule has 0 atom stereocenters. The third kappa shape index (κ3) is 4.15. The van der Waals surface area contributed by atoms with Crippen LogP contribution in [0.4, 0.5) is 0 Å². The van der Waals surface area contributed by atoms with Crippen molar-refractivity contribution in [3.05, 3.63) is 63.0 Å². The van der Waals surface area contributed by atoms with Crippen LogP contribution in [0.15, 0.2) is 50.7 Å². The zero-order chi connectivity index (χ0) is 17.7. The summed E-state index contributed by atoms with van der Waals surface area (Å²) >= 11 is 0. The smallest absolute Gasteiger partial charge is 0.343 e. The Bertz CT molecular complexity index is 837. The molecule has 2 aromatic rings. The second-order valence-corrected chi connectivity index (χ2v) is 6.24. The molecule has 0 bridgehead atoms. The number of fused-ring (bicyclic) bond motifs is 1. The van der Waals surface area contributed by atoms with Crippen LogP contribution in [0.2, 0.25) is 0 Å². The van der Waals surface area contributed by atoms with Gasteiger partial charge in [-0.1, -0.05) is 35.4 Å². The van der Waals surface area contributed by atoms with Crippen LogP contribution in [-0.2, 0) is 13.0 Å². The van der Waals surface area contributed by atoms with Crippen molar-refractivity contribution >= 4 is 11.0 Å².